The van der Waals surface area contributed by atoms with Gasteiger partial charge in [-0.3, -0.25) is 30.0 Å². The van der Waals surface area contributed by atoms with Crippen molar-refractivity contribution in [2.75, 3.05) is 11.9 Å². The van der Waals surface area contributed by atoms with Gasteiger partial charge in [0.1, 0.15) is 11.5 Å². The van der Waals surface area contributed by atoms with Crippen LogP contribution in [0.1, 0.15) is 40.7 Å². The van der Waals surface area contributed by atoms with Crippen molar-refractivity contribution < 1.29 is 28.7 Å². The van der Waals surface area contributed by atoms with Crippen LogP contribution in [-0.4, -0.2) is 30.3 Å². The predicted molar refractivity (Wildman–Crippen MR) is 138 cm³/mol. The van der Waals surface area contributed by atoms with Crippen molar-refractivity contribution in [3.63, 3.8) is 0 Å². The second-order valence-corrected chi connectivity index (χ2v) is 8.30. The van der Waals surface area contributed by atoms with Gasteiger partial charge in [0, 0.05) is 24.1 Å². The summed E-state index contributed by atoms with van der Waals surface area (Å²) in [5, 5.41) is 2.76. The van der Waals surface area contributed by atoms with E-state index >= 15 is 0 Å². The van der Waals surface area contributed by atoms with Crippen LogP contribution >= 0.6 is 0 Å². The molecule has 0 spiro atoms. The van der Waals surface area contributed by atoms with Gasteiger partial charge in [0.15, 0.2) is 6.61 Å². The lowest BCUT2D eigenvalue weighted by Crippen LogP contribution is -2.43. The fourth-order valence-electron chi connectivity index (χ4n) is 3.18. The number of nitrogens with one attached hydrogen (secondary N) is 3. The Morgan fingerprint density at radius 3 is 2.14 bits per heavy atom. The summed E-state index contributed by atoms with van der Waals surface area (Å²) in [5.74, 6) is -0.661. The number of carbonyl (C=O) groups excluding carboxylic acids is 4. The van der Waals surface area contributed by atoms with E-state index < -0.39 is 24.4 Å². The van der Waals surface area contributed by atoms with Crippen LogP contribution in [0.15, 0.2) is 72.8 Å². The lowest BCUT2D eigenvalue weighted by molar-refractivity contribution is -0.148. The average Bonchev–Trinajstić information content (AvgIpc) is 2.90. The van der Waals surface area contributed by atoms with Crippen LogP contribution in [0.2, 0.25) is 0 Å². The van der Waals surface area contributed by atoms with E-state index in [2.05, 4.69) is 16.2 Å². The van der Waals surface area contributed by atoms with E-state index in [1.807, 2.05) is 32.0 Å². The largest absolute Gasteiger partial charge is 0.457 e. The predicted octanol–water partition coefficient (Wildman–Crippen LogP) is 4.21. The fraction of sp³-hybridized carbons (Fsp3) is 0.214. The Morgan fingerprint density at radius 2 is 1.43 bits per heavy atom. The molecule has 0 aliphatic rings. The van der Waals surface area contributed by atoms with Gasteiger partial charge in [-0.25, -0.2) is 0 Å². The number of anilines is 1. The summed E-state index contributed by atoms with van der Waals surface area (Å²) < 4.78 is 10.7. The zero-order valence-corrected chi connectivity index (χ0v) is 20.7. The van der Waals surface area contributed by atoms with E-state index in [1.54, 1.807) is 54.6 Å². The van der Waals surface area contributed by atoms with Gasteiger partial charge in [-0.1, -0.05) is 24.3 Å². The third kappa shape index (κ3) is 9.14. The Balaban J connectivity index is 1.30. The second kappa shape index (κ2) is 13.4. The summed E-state index contributed by atoms with van der Waals surface area (Å²) in [4.78, 5) is 47.6. The molecule has 0 atom stereocenters. The van der Waals surface area contributed by atoms with Gasteiger partial charge in [-0.2, -0.15) is 0 Å². The average molecular weight is 504 g/mol. The highest BCUT2D eigenvalue weighted by Crippen LogP contribution is 2.25. The molecule has 0 aromatic heterocycles. The molecule has 0 bridgehead atoms. The van der Waals surface area contributed by atoms with Crippen molar-refractivity contribution >= 4 is 29.4 Å². The van der Waals surface area contributed by atoms with Crippen molar-refractivity contribution in [3.8, 4) is 11.5 Å². The van der Waals surface area contributed by atoms with Gasteiger partial charge in [0.2, 0.25) is 5.91 Å². The zero-order chi connectivity index (χ0) is 26.6. The number of esters is 1. The van der Waals surface area contributed by atoms with E-state index in [4.69, 9.17) is 9.47 Å². The maximum absolute atomic E-state index is 12.2. The number of amides is 3. The summed E-state index contributed by atoms with van der Waals surface area (Å²) in [6, 6.07) is 21.2. The lowest BCUT2D eigenvalue weighted by Gasteiger charge is -2.10. The van der Waals surface area contributed by atoms with Gasteiger partial charge >= 0.3 is 5.97 Å². The highest BCUT2D eigenvalue weighted by atomic mass is 16.5. The van der Waals surface area contributed by atoms with Crippen molar-refractivity contribution in [3.05, 3.63) is 89.5 Å². The number of hydrogen-bond acceptors (Lipinski definition) is 6. The molecule has 0 radical (unpaired) electrons. The molecule has 0 saturated heterocycles. The van der Waals surface area contributed by atoms with Crippen LogP contribution in [0, 0.1) is 13.8 Å². The molecular weight excluding hydrogens is 474 g/mol. The van der Waals surface area contributed by atoms with Crippen molar-refractivity contribution in [2.45, 2.75) is 33.1 Å². The van der Waals surface area contributed by atoms with Crippen LogP contribution in [0.4, 0.5) is 5.69 Å². The number of rotatable bonds is 10. The normalized spacial score (nSPS) is 10.2. The van der Waals surface area contributed by atoms with E-state index in [0.29, 0.717) is 17.0 Å². The Morgan fingerprint density at radius 1 is 0.730 bits per heavy atom. The molecule has 0 unspecified atom stereocenters. The van der Waals surface area contributed by atoms with Crippen LogP contribution in [0.5, 0.6) is 11.5 Å². The maximum Gasteiger partial charge on any atom is 0.306 e. The Labute approximate surface area is 215 Å². The standard InChI is InChI=1S/C28H29N3O6/c1-19-11-14-24(17-20(19)2)37-23-15-12-22(13-16-23)29-25(32)9-6-10-27(34)36-18-26(33)30-31-28(35)21-7-4-3-5-8-21/h3-5,7-8,11-17H,6,9-10,18H2,1-2H3,(H,29,32)(H,30,33)(H,31,35). The van der Waals surface area contributed by atoms with Gasteiger partial charge in [0.05, 0.1) is 0 Å². The van der Waals surface area contributed by atoms with Crippen molar-refractivity contribution in [2.24, 2.45) is 0 Å². The van der Waals surface area contributed by atoms with E-state index in [9.17, 15) is 19.2 Å². The van der Waals surface area contributed by atoms with Gasteiger partial charge in [0.25, 0.3) is 11.8 Å². The summed E-state index contributed by atoms with van der Waals surface area (Å²) in [6.45, 7) is 3.51. The summed E-state index contributed by atoms with van der Waals surface area (Å²) in [5.41, 5.74) is 7.71. The monoisotopic (exact) mass is 503 g/mol. The van der Waals surface area contributed by atoms with Crippen molar-refractivity contribution in [1.82, 2.24) is 10.9 Å². The molecule has 3 aromatic rings. The number of hydrazine groups is 1. The number of ether oxygens (including phenoxy) is 2. The summed E-state index contributed by atoms with van der Waals surface area (Å²) in [6.07, 6.45) is 0.333. The summed E-state index contributed by atoms with van der Waals surface area (Å²) in [7, 11) is 0. The highest BCUT2D eigenvalue weighted by Gasteiger charge is 2.11. The molecule has 0 aliphatic carbocycles. The molecule has 0 heterocycles. The molecule has 3 aromatic carbocycles. The molecule has 3 rings (SSSR count). The molecular formula is C28H29N3O6. The number of aryl methyl sites for hydroxylation is 2. The first-order chi connectivity index (χ1) is 17.8. The molecule has 0 aliphatic heterocycles. The Hall–Kier alpha value is -4.66. The smallest absolute Gasteiger partial charge is 0.306 e. The first-order valence-electron chi connectivity index (χ1n) is 11.7. The molecule has 0 saturated carbocycles. The molecule has 37 heavy (non-hydrogen) atoms. The first-order valence-corrected chi connectivity index (χ1v) is 11.7. The first kappa shape index (κ1) is 26.9. The van der Waals surface area contributed by atoms with Crippen molar-refractivity contribution in [1.29, 1.82) is 0 Å². The third-order valence-corrected chi connectivity index (χ3v) is 5.35. The quantitative estimate of drug-likeness (QED) is 0.281. The van der Waals surface area contributed by atoms with E-state index in [1.165, 1.54) is 5.56 Å². The summed E-state index contributed by atoms with van der Waals surface area (Å²) >= 11 is 0. The number of benzene rings is 3. The highest BCUT2D eigenvalue weighted by molar-refractivity contribution is 5.95. The Kier molecular flexibility index (Phi) is 9.78. The minimum Gasteiger partial charge on any atom is -0.457 e. The topological polar surface area (TPSA) is 123 Å². The van der Waals surface area contributed by atoms with Gasteiger partial charge < -0.3 is 14.8 Å². The minimum atomic E-state index is -0.680. The molecule has 0 fully saturated rings. The Bertz CT molecular complexity index is 1240. The molecule has 192 valence electrons. The number of hydrogen-bond donors (Lipinski definition) is 3. The molecule has 3 N–H and O–H groups in total. The third-order valence-electron chi connectivity index (χ3n) is 5.35. The van der Waals surface area contributed by atoms with Gasteiger partial charge in [-0.05, 0) is 79.9 Å². The number of carbonyl (C=O) groups is 4. The SMILES string of the molecule is Cc1ccc(Oc2ccc(NC(=O)CCCC(=O)OCC(=O)NNC(=O)c3ccccc3)cc2)cc1C. The van der Waals surface area contributed by atoms with E-state index in [0.717, 1.165) is 11.3 Å². The molecule has 9 nitrogen and oxygen atoms in total. The van der Waals surface area contributed by atoms with Crippen LogP contribution in [-0.2, 0) is 19.1 Å². The van der Waals surface area contributed by atoms with Gasteiger partial charge in [-0.15, -0.1) is 0 Å². The molecule has 9 heteroatoms. The zero-order valence-electron chi connectivity index (χ0n) is 20.7. The van der Waals surface area contributed by atoms with Crippen LogP contribution in [0.25, 0.3) is 0 Å². The maximum atomic E-state index is 12.2. The van der Waals surface area contributed by atoms with E-state index in [-0.39, 0.29) is 25.2 Å². The second-order valence-electron chi connectivity index (χ2n) is 8.30. The lowest BCUT2D eigenvalue weighted by atomic mass is 10.1. The van der Waals surface area contributed by atoms with Crippen LogP contribution < -0.4 is 20.9 Å². The van der Waals surface area contributed by atoms with Crippen LogP contribution in [0.3, 0.4) is 0 Å². The minimum absolute atomic E-state index is 0.0280. The molecule has 3 amide bonds. The fourth-order valence-corrected chi connectivity index (χ4v) is 3.18.